The number of aromatic nitrogens is 3. The summed E-state index contributed by atoms with van der Waals surface area (Å²) in [6.45, 7) is 4.54. The molecule has 31 heavy (non-hydrogen) atoms. The second-order valence-electron chi connectivity index (χ2n) is 7.90. The van der Waals surface area contributed by atoms with Crippen molar-refractivity contribution in [2.75, 3.05) is 13.2 Å². The van der Waals surface area contributed by atoms with Gasteiger partial charge in [0, 0.05) is 18.2 Å². The normalized spacial score (nSPS) is 19.0. The largest absolute Gasteiger partial charge is 0.389 e. The Hall–Kier alpha value is -3.35. The van der Waals surface area contributed by atoms with Crippen molar-refractivity contribution in [3.05, 3.63) is 88.7 Å². The van der Waals surface area contributed by atoms with Crippen LogP contribution in [0.1, 0.15) is 29.3 Å². The number of nitrogens with zero attached hydrogens (tertiary/aromatic N) is 3. The number of benzene rings is 2. The molecule has 0 aliphatic carbocycles. The molecule has 5 rings (SSSR count). The third-order valence-corrected chi connectivity index (χ3v) is 5.98. The molecule has 4 aromatic rings. The zero-order valence-electron chi connectivity index (χ0n) is 17.1. The Morgan fingerprint density at radius 2 is 2.00 bits per heavy atom. The number of pyridine rings is 1. The molecule has 6 nitrogen and oxygen atoms in total. The van der Waals surface area contributed by atoms with Gasteiger partial charge < -0.3 is 9.84 Å². The smallest absolute Gasteiger partial charge is 0.261 e. The topological polar surface area (TPSA) is 77.2 Å². The van der Waals surface area contributed by atoms with Crippen LogP contribution in [0, 0.1) is 0 Å². The van der Waals surface area contributed by atoms with Gasteiger partial charge in [-0.05, 0) is 53.6 Å². The molecule has 0 radical (unpaired) electrons. The van der Waals surface area contributed by atoms with Crippen molar-refractivity contribution in [1.82, 2.24) is 14.5 Å². The fourth-order valence-electron chi connectivity index (χ4n) is 4.40. The Kier molecular flexibility index (Phi) is 5.10. The molecule has 3 heterocycles. The van der Waals surface area contributed by atoms with E-state index in [1.807, 2.05) is 36.4 Å². The lowest BCUT2D eigenvalue weighted by Crippen LogP contribution is -2.39. The maximum Gasteiger partial charge on any atom is 0.261 e. The Morgan fingerprint density at radius 3 is 2.81 bits per heavy atom. The van der Waals surface area contributed by atoms with E-state index < -0.39 is 6.10 Å². The van der Waals surface area contributed by atoms with Gasteiger partial charge in [-0.25, -0.2) is 4.98 Å². The summed E-state index contributed by atoms with van der Waals surface area (Å²) in [5.74, 6) is 0. The summed E-state index contributed by atoms with van der Waals surface area (Å²) in [6, 6.07) is 13.6. The van der Waals surface area contributed by atoms with Gasteiger partial charge in [0.25, 0.3) is 5.56 Å². The van der Waals surface area contributed by atoms with Crippen molar-refractivity contribution in [3.8, 4) is 0 Å². The van der Waals surface area contributed by atoms with Gasteiger partial charge in [-0.3, -0.25) is 14.3 Å². The molecule has 0 saturated carbocycles. The molecule has 2 atom stereocenters. The molecule has 2 unspecified atom stereocenters. The lowest BCUT2D eigenvalue weighted by Gasteiger charge is -2.29. The van der Waals surface area contributed by atoms with E-state index in [2.05, 4.69) is 22.6 Å². The fourth-order valence-corrected chi connectivity index (χ4v) is 4.40. The van der Waals surface area contributed by atoms with Crippen LogP contribution in [0.2, 0.25) is 0 Å². The number of rotatable bonds is 4. The minimum absolute atomic E-state index is 0.135. The van der Waals surface area contributed by atoms with Crippen LogP contribution < -0.4 is 5.56 Å². The standard InChI is InChI=1S/C25H23N3O3/c1-2-18-12-16(7-9-26-18)11-17-13-21-24(20-6-4-3-5-19(17)20)27-15-28(25(21)30)22-8-10-31-14-23(22)29/h2-7,9,12-13,15,22-23,29H,1,8,10-11,14H2. The second kappa shape index (κ2) is 8.06. The predicted molar refractivity (Wildman–Crippen MR) is 121 cm³/mol. The summed E-state index contributed by atoms with van der Waals surface area (Å²) in [5.41, 5.74) is 3.51. The van der Waals surface area contributed by atoms with Crippen LogP contribution in [0.5, 0.6) is 0 Å². The van der Waals surface area contributed by atoms with E-state index in [9.17, 15) is 9.90 Å². The number of fused-ring (bicyclic) bond motifs is 3. The minimum Gasteiger partial charge on any atom is -0.389 e. The van der Waals surface area contributed by atoms with Crippen LogP contribution in [-0.2, 0) is 11.2 Å². The maximum atomic E-state index is 13.5. The highest BCUT2D eigenvalue weighted by molar-refractivity contribution is 6.06. The van der Waals surface area contributed by atoms with Crippen LogP contribution in [0.3, 0.4) is 0 Å². The average Bonchev–Trinajstić information content (AvgIpc) is 2.81. The Balaban J connectivity index is 1.70. The quantitative estimate of drug-likeness (QED) is 0.518. The molecule has 2 aromatic carbocycles. The van der Waals surface area contributed by atoms with Crippen molar-refractivity contribution in [2.45, 2.75) is 25.0 Å². The Labute approximate surface area is 179 Å². The molecule has 2 aromatic heterocycles. The SMILES string of the molecule is C=Cc1cc(Cc2cc3c(=O)n(C4CCOCC4O)cnc3c3ccccc23)ccn1. The molecule has 1 aliphatic rings. The summed E-state index contributed by atoms with van der Waals surface area (Å²) >= 11 is 0. The van der Waals surface area contributed by atoms with Gasteiger partial charge in [0.2, 0.25) is 0 Å². The third-order valence-electron chi connectivity index (χ3n) is 5.98. The van der Waals surface area contributed by atoms with Crippen molar-refractivity contribution in [2.24, 2.45) is 0 Å². The zero-order chi connectivity index (χ0) is 21.4. The number of aliphatic hydroxyl groups is 1. The molecule has 1 N–H and O–H groups in total. The van der Waals surface area contributed by atoms with Crippen LogP contribution in [0.4, 0.5) is 0 Å². The van der Waals surface area contributed by atoms with Crippen molar-refractivity contribution in [3.63, 3.8) is 0 Å². The van der Waals surface area contributed by atoms with Crippen LogP contribution in [0.25, 0.3) is 27.8 Å². The van der Waals surface area contributed by atoms with E-state index >= 15 is 0 Å². The molecular weight excluding hydrogens is 390 g/mol. The first-order chi connectivity index (χ1) is 15.2. The first kappa shape index (κ1) is 19.6. The summed E-state index contributed by atoms with van der Waals surface area (Å²) < 4.78 is 6.89. The van der Waals surface area contributed by atoms with Gasteiger partial charge in [-0.15, -0.1) is 0 Å². The highest BCUT2D eigenvalue weighted by Gasteiger charge is 2.27. The monoisotopic (exact) mass is 413 g/mol. The fraction of sp³-hybridized carbons (Fsp3) is 0.240. The van der Waals surface area contributed by atoms with E-state index in [0.717, 1.165) is 27.6 Å². The van der Waals surface area contributed by atoms with Gasteiger partial charge in [0.1, 0.15) is 0 Å². The van der Waals surface area contributed by atoms with E-state index in [4.69, 9.17) is 4.74 Å². The first-order valence-electron chi connectivity index (χ1n) is 10.4. The second-order valence-corrected chi connectivity index (χ2v) is 7.90. The molecule has 6 heteroatoms. The van der Waals surface area contributed by atoms with E-state index in [1.165, 1.54) is 0 Å². The molecule has 156 valence electrons. The molecule has 1 aliphatic heterocycles. The van der Waals surface area contributed by atoms with Crippen molar-refractivity contribution in [1.29, 1.82) is 0 Å². The minimum atomic E-state index is -0.722. The number of aliphatic hydroxyl groups excluding tert-OH is 1. The van der Waals surface area contributed by atoms with Crippen molar-refractivity contribution >= 4 is 27.8 Å². The van der Waals surface area contributed by atoms with Gasteiger partial charge >= 0.3 is 0 Å². The molecular formula is C25H23N3O3. The molecule has 0 bridgehead atoms. The summed E-state index contributed by atoms with van der Waals surface area (Å²) in [6.07, 6.45) is 5.58. The van der Waals surface area contributed by atoms with Gasteiger partial charge in [0.05, 0.1) is 41.7 Å². The molecule has 0 amide bonds. The third kappa shape index (κ3) is 3.54. The molecule has 0 spiro atoms. The van der Waals surface area contributed by atoms with Crippen molar-refractivity contribution < 1.29 is 9.84 Å². The predicted octanol–water partition coefficient (Wildman–Crippen LogP) is 3.50. The van der Waals surface area contributed by atoms with Crippen LogP contribution in [0.15, 0.2) is 66.4 Å². The number of ether oxygens (including phenoxy) is 1. The Morgan fingerprint density at radius 1 is 1.16 bits per heavy atom. The lowest BCUT2D eigenvalue weighted by molar-refractivity contribution is -0.0395. The maximum absolute atomic E-state index is 13.5. The summed E-state index contributed by atoms with van der Waals surface area (Å²) in [4.78, 5) is 22.4. The van der Waals surface area contributed by atoms with E-state index in [1.54, 1.807) is 23.2 Å². The van der Waals surface area contributed by atoms with E-state index in [-0.39, 0.29) is 18.2 Å². The summed E-state index contributed by atoms with van der Waals surface area (Å²) in [5, 5.41) is 12.9. The van der Waals surface area contributed by atoms with Crippen LogP contribution >= 0.6 is 0 Å². The van der Waals surface area contributed by atoms with Gasteiger partial charge in [0.15, 0.2) is 0 Å². The highest BCUT2D eigenvalue weighted by Crippen LogP contribution is 2.28. The lowest BCUT2D eigenvalue weighted by atomic mass is 9.96. The summed E-state index contributed by atoms with van der Waals surface area (Å²) in [7, 11) is 0. The zero-order valence-corrected chi connectivity index (χ0v) is 17.1. The Bertz CT molecular complexity index is 1350. The average molecular weight is 413 g/mol. The molecule has 1 fully saturated rings. The molecule has 1 saturated heterocycles. The van der Waals surface area contributed by atoms with Crippen LogP contribution in [-0.4, -0.2) is 39.0 Å². The van der Waals surface area contributed by atoms with E-state index in [0.29, 0.717) is 30.4 Å². The van der Waals surface area contributed by atoms with Gasteiger partial charge in [-0.2, -0.15) is 0 Å². The number of hydrogen-bond acceptors (Lipinski definition) is 5. The van der Waals surface area contributed by atoms with Gasteiger partial charge in [-0.1, -0.05) is 30.8 Å². The highest BCUT2D eigenvalue weighted by atomic mass is 16.5. The first-order valence-corrected chi connectivity index (χ1v) is 10.4. The number of hydrogen-bond donors (Lipinski definition) is 1.